The fraction of sp³-hybridized carbons (Fsp3) is 0.280. The molecule has 0 saturated carbocycles. The summed E-state index contributed by atoms with van der Waals surface area (Å²) < 4.78 is 78.5. The Hall–Kier alpha value is -2.87. The molecule has 1 heterocycles. The number of alkyl halides is 3. The van der Waals surface area contributed by atoms with Gasteiger partial charge in [-0.15, -0.1) is 0 Å². The zero-order valence-electron chi connectivity index (χ0n) is 18.1. The second-order valence-corrected chi connectivity index (χ2v) is 11.0. The largest absolute Gasteiger partial charge is 0.416 e. The lowest BCUT2D eigenvalue weighted by molar-refractivity contribution is -0.137. The molecular weight excluding hydrogens is 454 g/mol. The van der Waals surface area contributed by atoms with E-state index in [-0.39, 0.29) is 16.7 Å². The first-order chi connectivity index (χ1) is 15.3. The maximum Gasteiger partial charge on any atom is 0.416 e. The summed E-state index contributed by atoms with van der Waals surface area (Å²) in [5, 5.41) is 3.31. The van der Waals surface area contributed by atoms with Crippen molar-refractivity contribution in [3.05, 3.63) is 94.8 Å². The van der Waals surface area contributed by atoms with Crippen molar-refractivity contribution < 1.29 is 26.0 Å². The van der Waals surface area contributed by atoms with Crippen LogP contribution in [-0.2, 0) is 27.2 Å². The van der Waals surface area contributed by atoms with Gasteiger partial charge < -0.3 is 5.32 Å². The predicted octanol–water partition coefficient (Wildman–Crippen LogP) is 6.65. The molecule has 0 amide bonds. The lowest BCUT2D eigenvalue weighted by Gasteiger charge is -2.39. The van der Waals surface area contributed by atoms with Crippen molar-refractivity contribution in [2.75, 3.05) is 5.32 Å². The van der Waals surface area contributed by atoms with Crippen molar-refractivity contribution in [2.45, 2.75) is 48.5 Å². The van der Waals surface area contributed by atoms with Gasteiger partial charge in [-0.05, 0) is 64.9 Å². The van der Waals surface area contributed by atoms with Gasteiger partial charge in [-0.2, -0.15) is 13.2 Å². The van der Waals surface area contributed by atoms with Crippen LogP contribution in [0.3, 0.4) is 0 Å². The van der Waals surface area contributed by atoms with E-state index >= 15 is 0 Å². The fourth-order valence-corrected chi connectivity index (χ4v) is 5.69. The fourth-order valence-electron chi connectivity index (χ4n) is 4.33. The van der Waals surface area contributed by atoms with Crippen LogP contribution in [0.25, 0.3) is 0 Å². The Morgan fingerprint density at radius 1 is 1.00 bits per heavy atom. The van der Waals surface area contributed by atoms with Gasteiger partial charge in [0.15, 0.2) is 9.84 Å². The second kappa shape index (κ2) is 8.17. The molecule has 1 aliphatic heterocycles. The predicted molar refractivity (Wildman–Crippen MR) is 119 cm³/mol. The number of sulfone groups is 1. The minimum Gasteiger partial charge on any atom is -0.378 e. The van der Waals surface area contributed by atoms with E-state index in [2.05, 4.69) is 5.32 Å². The van der Waals surface area contributed by atoms with Gasteiger partial charge in [-0.25, -0.2) is 12.8 Å². The van der Waals surface area contributed by atoms with Crippen LogP contribution in [0.2, 0.25) is 0 Å². The molecule has 33 heavy (non-hydrogen) atoms. The molecule has 3 nitrogen and oxygen atoms in total. The Kier molecular flexibility index (Phi) is 5.76. The molecule has 1 aliphatic rings. The summed E-state index contributed by atoms with van der Waals surface area (Å²) in [6.45, 7) is 3.80. The van der Waals surface area contributed by atoms with Crippen molar-refractivity contribution in [3.8, 4) is 0 Å². The van der Waals surface area contributed by atoms with Crippen LogP contribution in [0.15, 0.2) is 71.6 Å². The third-order valence-corrected chi connectivity index (χ3v) is 7.67. The molecule has 0 aromatic heterocycles. The molecule has 1 N–H and O–H groups in total. The van der Waals surface area contributed by atoms with Gasteiger partial charge in [0.2, 0.25) is 0 Å². The SMILES string of the molecule is CC1(C)CC(c2cccc(CS(=O)(=O)c3cccc(F)c3)c2)Nc2ccc(C(F)(F)F)cc21. The van der Waals surface area contributed by atoms with Gasteiger partial charge in [0.1, 0.15) is 5.82 Å². The number of rotatable bonds is 4. The molecular formula is C25H23F4NO2S. The Labute approximate surface area is 190 Å². The molecule has 8 heteroatoms. The smallest absolute Gasteiger partial charge is 0.378 e. The molecule has 174 valence electrons. The zero-order valence-corrected chi connectivity index (χ0v) is 18.9. The Morgan fingerprint density at radius 3 is 2.42 bits per heavy atom. The molecule has 0 fully saturated rings. The Morgan fingerprint density at radius 2 is 1.73 bits per heavy atom. The topological polar surface area (TPSA) is 46.2 Å². The van der Waals surface area contributed by atoms with Crippen LogP contribution in [-0.4, -0.2) is 8.42 Å². The van der Waals surface area contributed by atoms with Gasteiger partial charge in [-0.3, -0.25) is 0 Å². The van der Waals surface area contributed by atoms with Crippen LogP contribution >= 0.6 is 0 Å². The Balaban J connectivity index is 1.62. The van der Waals surface area contributed by atoms with Crippen molar-refractivity contribution in [3.63, 3.8) is 0 Å². The summed E-state index contributed by atoms with van der Waals surface area (Å²) in [5.74, 6) is -0.905. The first-order valence-electron chi connectivity index (χ1n) is 10.4. The van der Waals surface area contributed by atoms with Gasteiger partial charge in [0, 0.05) is 5.69 Å². The highest BCUT2D eigenvalue weighted by atomic mass is 32.2. The first kappa shape index (κ1) is 23.3. The summed E-state index contributed by atoms with van der Waals surface area (Å²) in [4.78, 5) is -0.0841. The molecule has 4 rings (SSSR count). The number of nitrogens with one attached hydrogen (secondary N) is 1. The minimum absolute atomic E-state index is 0.0841. The lowest BCUT2D eigenvalue weighted by Crippen LogP contribution is -2.31. The highest BCUT2D eigenvalue weighted by Gasteiger charge is 2.37. The number of benzene rings is 3. The maximum atomic E-state index is 13.5. The van der Waals surface area contributed by atoms with E-state index in [4.69, 9.17) is 0 Å². The van der Waals surface area contributed by atoms with Crippen LogP contribution in [0.5, 0.6) is 0 Å². The van der Waals surface area contributed by atoms with Crippen molar-refractivity contribution in [2.24, 2.45) is 0 Å². The van der Waals surface area contributed by atoms with E-state index in [0.29, 0.717) is 23.2 Å². The third kappa shape index (κ3) is 4.90. The molecule has 0 radical (unpaired) electrons. The van der Waals surface area contributed by atoms with Crippen molar-refractivity contribution in [1.29, 1.82) is 0 Å². The summed E-state index contributed by atoms with van der Waals surface area (Å²) in [5.41, 5.74) is 1.39. The van der Waals surface area contributed by atoms with Crippen LogP contribution in [0.4, 0.5) is 23.2 Å². The van der Waals surface area contributed by atoms with Crippen LogP contribution in [0.1, 0.15) is 48.6 Å². The van der Waals surface area contributed by atoms with Crippen LogP contribution < -0.4 is 5.32 Å². The van der Waals surface area contributed by atoms with E-state index in [9.17, 15) is 26.0 Å². The van der Waals surface area contributed by atoms with E-state index in [1.807, 2.05) is 19.9 Å². The van der Waals surface area contributed by atoms with Crippen molar-refractivity contribution in [1.82, 2.24) is 0 Å². The number of hydrogen-bond acceptors (Lipinski definition) is 3. The third-order valence-electron chi connectivity index (χ3n) is 5.99. The van der Waals surface area contributed by atoms with Gasteiger partial charge in [0.25, 0.3) is 0 Å². The maximum absolute atomic E-state index is 13.5. The highest BCUT2D eigenvalue weighted by molar-refractivity contribution is 7.90. The molecule has 0 spiro atoms. The highest BCUT2D eigenvalue weighted by Crippen LogP contribution is 2.46. The molecule has 3 aromatic carbocycles. The molecule has 3 aromatic rings. The van der Waals surface area contributed by atoms with Crippen LogP contribution in [0, 0.1) is 5.82 Å². The normalized spacial score (nSPS) is 17.8. The summed E-state index contributed by atoms with van der Waals surface area (Å²) >= 11 is 0. The minimum atomic E-state index is -4.41. The van der Waals surface area contributed by atoms with Gasteiger partial charge in [0.05, 0.1) is 22.3 Å². The standard InChI is InChI=1S/C25H23F4NO2S/c1-24(2)14-23(30-22-10-9-18(12-21(22)24)25(27,28)29)17-6-3-5-16(11-17)15-33(31,32)20-8-4-7-19(26)13-20/h3-13,23,30H,14-15H2,1-2H3. The molecule has 0 bridgehead atoms. The van der Waals surface area contributed by atoms with E-state index in [1.54, 1.807) is 18.2 Å². The number of anilines is 1. The first-order valence-corrected chi connectivity index (χ1v) is 12.1. The monoisotopic (exact) mass is 477 g/mol. The van der Waals surface area contributed by atoms with Gasteiger partial charge >= 0.3 is 6.18 Å². The molecule has 0 saturated heterocycles. The van der Waals surface area contributed by atoms with Crippen molar-refractivity contribution >= 4 is 15.5 Å². The number of fused-ring (bicyclic) bond motifs is 1. The van der Waals surface area contributed by atoms with Gasteiger partial charge in [-0.1, -0.05) is 44.2 Å². The summed E-state index contributed by atoms with van der Waals surface area (Å²) in [6, 6.07) is 15.5. The average molecular weight is 478 g/mol. The average Bonchev–Trinajstić information content (AvgIpc) is 2.72. The molecule has 1 atom stereocenters. The lowest BCUT2D eigenvalue weighted by atomic mass is 9.73. The zero-order chi connectivity index (χ0) is 24.0. The second-order valence-electron chi connectivity index (χ2n) is 9.00. The quantitative estimate of drug-likeness (QED) is 0.428. The molecule has 1 unspecified atom stereocenters. The van der Waals surface area contributed by atoms with E-state index in [1.165, 1.54) is 30.3 Å². The van der Waals surface area contributed by atoms with E-state index < -0.39 is 32.8 Å². The van der Waals surface area contributed by atoms with E-state index in [0.717, 1.165) is 17.7 Å². The Bertz CT molecular complexity index is 1300. The number of hydrogen-bond donors (Lipinski definition) is 1. The molecule has 0 aliphatic carbocycles. The summed E-state index contributed by atoms with van der Waals surface area (Å²) in [7, 11) is -3.74. The number of halogens is 4. The summed E-state index contributed by atoms with van der Waals surface area (Å²) in [6.07, 6.45) is -3.88.